The summed E-state index contributed by atoms with van der Waals surface area (Å²) in [6.07, 6.45) is 1.15. The first kappa shape index (κ1) is 16.6. The van der Waals surface area contributed by atoms with Gasteiger partial charge >= 0.3 is 0 Å². The number of nitrogens with one attached hydrogen (secondary N) is 1. The van der Waals surface area contributed by atoms with Crippen molar-refractivity contribution in [3.8, 4) is 0 Å². The number of nitrogens with zero attached hydrogens (tertiary/aromatic N) is 3. The van der Waals surface area contributed by atoms with Crippen molar-refractivity contribution in [1.82, 2.24) is 20.0 Å². The van der Waals surface area contributed by atoms with Crippen LogP contribution in [0.15, 0.2) is 36.9 Å². The Kier molecular flexibility index (Phi) is 4.90. The molecule has 1 atom stereocenters. The fraction of sp³-hybridized carbons (Fsp3) is 0.421. The minimum Gasteiger partial charge on any atom is -0.384 e. The Morgan fingerprint density at radius 1 is 1.38 bits per heavy atom. The van der Waals surface area contributed by atoms with E-state index in [1.54, 1.807) is 4.68 Å². The van der Waals surface area contributed by atoms with E-state index in [2.05, 4.69) is 53.1 Å². The van der Waals surface area contributed by atoms with Gasteiger partial charge in [-0.15, -0.1) is 0 Å². The van der Waals surface area contributed by atoms with Crippen molar-refractivity contribution < 1.29 is 0 Å². The predicted octanol–water partition coefficient (Wildman–Crippen LogP) is 2.26. The predicted molar refractivity (Wildman–Crippen MR) is 99.2 cm³/mol. The Morgan fingerprint density at radius 2 is 2.12 bits per heavy atom. The number of hydrogen-bond donors (Lipinski definition) is 2. The van der Waals surface area contributed by atoms with Gasteiger partial charge < -0.3 is 11.1 Å². The summed E-state index contributed by atoms with van der Waals surface area (Å²) in [5.74, 6) is 1.18. The molecule has 1 aliphatic heterocycles. The monoisotopic (exact) mass is 325 g/mol. The molecule has 24 heavy (non-hydrogen) atoms. The Bertz CT molecular complexity index is 699. The number of fused-ring (bicyclic) bond motifs is 1. The molecule has 0 aliphatic carbocycles. The van der Waals surface area contributed by atoms with Crippen LogP contribution in [0.3, 0.4) is 0 Å². The van der Waals surface area contributed by atoms with E-state index in [9.17, 15) is 0 Å². The van der Waals surface area contributed by atoms with Crippen LogP contribution in [-0.2, 0) is 20.0 Å². The summed E-state index contributed by atoms with van der Waals surface area (Å²) < 4.78 is 1.66. The molecule has 0 saturated heterocycles. The van der Waals surface area contributed by atoms with Crippen LogP contribution in [0.5, 0.6) is 0 Å². The third-order valence-electron chi connectivity index (χ3n) is 4.67. The molecule has 0 radical (unpaired) electrons. The van der Waals surface area contributed by atoms with Crippen molar-refractivity contribution >= 4 is 11.5 Å². The smallest absolute Gasteiger partial charge is 0.122 e. The van der Waals surface area contributed by atoms with Gasteiger partial charge in [-0.3, -0.25) is 9.58 Å². The lowest BCUT2D eigenvalue weighted by Gasteiger charge is -2.31. The van der Waals surface area contributed by atoms with Gasteiger partial charge in [-0.1, -0.05) is 37.8 Å². The zero-order valence-electron chi connectivity index (χ0n) is 14.6. The summed E-state index contributed by atoms with van der Waals surface area (Å²) in [5, 5.41) is 7.74. The van der Waals surface area contributed by atoms with Crippen LogP contribution >= 0.6 is 0 Å². The van der Waals surface area contributed by atoms with Gasteiger partial charge in [0, 0.05) is 39.3 Å². The van der Waals surface area contributed by atoms with Gasteiger partial charge in [0.05, 0.1) is 5.70 Å². The molecule has 128 valence electrons. The van der Waals surface area contributed by atoms with Crippen molar-refractivity contribution in [3.63, 3.8) is 0 Å². The number of aromatic nitrogens is 2. The third-order valence-corrected chi connectivity index (χ3v) is 4.67. The average molecular weight is 325 g/mol. The quantitative estimate of drug-likeness (QED) is 0.855. The molecule has 1 aliphatic rings. The van der Waals surface area contributed by atoms with Gasteiger partial charge in [0.25, 0.3) is 0 Å². The summed E-state index contributed by atoms with van der Waals surface area (Å²) in [4.78, 5) is 2.54. The normalized spacial score (nSPS) is 15.8. The SMILES string of the molecule is C=C(NCC(C)CN1CCc2ccccc2C1)c1cc(N)n(C)n1. The second-order valence-electron chi connectivity index (χ2n) is 6.80. The number of hydrogen-bond acceptors (Lipinski definition) is 4. The maximum atomic E-state index is 5.82. The summed E-state index contributed by atoms with van der Waals surface area (Å²) in [5.41, 5.74) is 10.4. The molecule has 1 aromatic heterocycles. The van der Waals surface area contributed by atoms with E-state index in [1.165, 1.54) is 11.1 Å². The lowest BCUT2D eigenvalue weighted by Crippen LogP contribution is -2.36. The van der Waals surface area contributed by atoms with E-state index in [1.807, 2.05) is 13.1 Å². The molecule has 5 nitrogen and oxygen atoms in total. The molecule has 2 aromatic rings. The Labute approximate surface area is 144 Å². The molecular weight excluding hydrogens is 298 g/mol. The maximum absolute atomic E-state index is 5.82. The van der Waals surface area contributed by atoms with E-state index >= 15 is 0 Å². The van der Waals surface area contributed by atoms with Crippen molar-refractivity contribution in [3.05, 3.63) is 53.7 Å². The molecule has 3 N–H and O–H groups in total. The summed E-state index contributed by atoms with van der Waals surface area (Å²) in [6, 6.07) is 10.6. The standard InChI is InChI=1S/C19H27N5/c1-14(11-21-15(2)18-10-19(20)23(3)22-18)12-24-9-8-16-6-4-5-7-17(16)13-24/h4-7,10,14,21H,2,8-9,11-13,20H2,1,3H3. The maximum Gasteiger partial charge on any atom is 0.122 e. The van der Waals surface area contributed by atoms with Gasteiger partial charge in [-0.25, -0.2) is 0 Å². The first-order chi connectivity index (χ1) is 11.5. The van der Waals surface area contributed by atoms with Crippen molar-refractivity contribution in [2.24, 2.45) is 13.0 Å². The molecule has 1 unspecified atom stereocenters. The molecular formula is C19H27N5. The highest BCUT2D eigenvalue weighted by atomic mass is 15.3. The lowest BCUT2D eigenvalue weighted by molar-refractivity contribution is 0.220. The average Bonchev–Trinajstić information content (AvgIpc) is 2.92. The van der Waals surface area contributed by atoms with Crippen molar-refractivity contribution in [2.75, 3.05) is 25.4 Å². The van der Waals surface area contributed by atoms with Crippen LogP contribution in [0, 0.1) is 5.92 Å². The molecule has 3 rings (SSSR count). The molecule has 5 heteroatoms. The zero-order valence-corrected chi connectivity index (χ0v) is 14.6. The topological polar surface area (TPSA) is 59.1 Å². The zero-order chi connectivity index (χ0) is 17.1. The summed E-state index contributed by atoms with van der Waals surface area (Å²) >= 11 is 0. The van der Waals surface area contributed by atoms with E-state index in [-0.39, 0.29) is 0 Å². The summed E-state index contributed by atoms with van der Waals surface area (Å²) in [6.45, 7) is 10.5. The number of anilines is 1. The van der Waals surface area contributed by atoms with E-state index in [0.717, 1.165) is 44.0 Å². The largest absolute Gasteiger partial charge is 0.384 e. The fourth-order valence-corrected chi connectivity index (χ4v) is 3.23. The molecule has 0 bridgehead atoms. The number of aryl methyl sites for hydroxylation is 1. The van der Waals surface area contributed by atoms with Crippen LogP contribution in [0.4, 0.5) is 5.82 Å². The summed E-state index contributed by atoms with van der Waals surface area (Å²) in [7, 11) is 1.84. The fourth-order valence-electron chi connectivity index (χ4n) is 3.23. The second-order valence-corrected chi connectivity index (χ2v) is 6.80. The Balaban J connectivity index is 1.48. The first-order valence-electron chi connectivity index (χ1n) is 8.54. The van der Waals surface area contributed by atoms with E-state index < -0.39 is 0 Å². The van der Waals surface area contributed by atoms with E-state index in [4.69, 9.17) is 5.73 Å². The van der Waals surface area contributed by atoms with Gasteiger partial charge in [0.15, 0.2) is 0 Å². The molecule has 0 saturated carbocycles. The second kappa shape index (κ2) is 7.09. The number of nitrogen functional groups attached to an aromatic ring is 1. The molecule has 1 aromatic carbocycles. The molecule has 2 heterocycles. The number of nitrogens with two attached hydrogens (primary N) is 1. The highest BCUT2D eigenvalue weighted by Crippen LogP contribution is 2.19. The molecule has 0 fully saturated rings. The van der Waals surface area contributed by atoms with Crippen molar-refractivity contribution in [2.45, 2.75) is 19.9 Å². The molecule has 0 amide bonds. The van der Waals surface area contributed by atoms with Crippen LogP contribution in [-0.4, -0.2) is 34.3 Å². The minimum absolute atomic E-state index is 0.535. The van der Waals surface area contributed by atoms with Crippen LogP contribution < -0.4 is 11.1 Å². The van der Waals surface area contributed by atoms with Crippen LogP contribution in [0.1, 0.15) is 23.7 Å². The van der Waals surface area contributed by atoms with Crippen molar-refractivity contribution in [1.29, 1.82) is 0 Å². The van der Waals surface area contributed by atoms with Crippen LogP contribution in [0.2, 0.25) is 0 Å². The lowest BCUT2D eigenvalue weighted by atomic mass is 9.99. The van der Waals surface area contributed by atoms with Gasteiger partial charge in [0.1, 0.15) is 11.5 Å². The highest BCUT2D eigenvalue weighted by Gasteiger charge is 2.17. The minimum atomic E-state index is 0.535. The van der Waals surface area contributed by atoms with Gasteiger partial charge in [-0.05, 0) is 23.5 Å². The first-order valence-corrected chi connectivity index (χ1v) is 8.54. The van der Waals surface area contributed by atoms with Gasteiger partial charge in [0.2, 0.25) is 0 Å². The van der Waals surface area contributed by atoms with E-state index in [0.29, 0.717) is 11.7 Å². The highest BCUT2D eigenvalue weighted by molar-refractivity contribution is 5.60. The van der Waals surface area contributed by atoms with Gasteiger partial charge in [-0.2, -0.15) is 5.10 Å². The Hall–Kier alpha value is -2.27. The number of rotatable bonds is 6. The van der Waals surface area contributed by atoms with Crippen LogP contribution in [0.25, 0.3) is 5.70 Å². The molecule has 0 spiro atoms. The Morgan fingerprint density at radius 3 is 2.83 bits per heavy atom. The third kappa shape index (κ3) is 3.79. The number of benzene rings is 1.